The highest BCUT2D eigenvalue weighted by Gasteiger charge is 2.27. The smallest absolute Gasteiger partial charge is 0.267 e. The van der Waals surface area contributed by atoms with Crippen LogP contribution in [0.1, 0.15) is 45.9 Å². The second kappa shape index (κ2) is 21.6. The van der Waals surface area contributed by atoms with Gasteiger partial charge in [0.05, 0.1) is 55.2 Å². The van der Waals surface area contributed by atoms with E-state index in [2.05, 4.69) is 52.8 Å². The van der Waals surface area contributed by atoms with Gasteiger partial charge in [-0.05, 0) is 62.4 Å². The highest BCUT2D eigenvalue weighted by Crippen LogP contribution is 2.30. The first-order chi connectivity index (χ1) is 27.7. The molecular weight excluding hydrogens is 788 g/mol. The molecule has 6 rings (SSSR count). The molecule has 304 valence electrons. The van der Waals surface area contributed by atoms with E-state index in [0.29, 0.717) is 84.8 Å². The van der Waals surface area contributed by atoms with Crippen LogP contribution in [-0.2, 0) is 30.2 Å². The predicted molar refractivity (Wildman–Crippen MR) is 224 cm³/mol. The largest absolute Gasteiger partial charge is 0.379 e. The lowest BCUT2D eigenvalue weighted by molar-refractivity contribution is -0.132. The number of amides is 3. The molecule has 2 aromatic heterocycles. The van der Waals surface area contributed by atoms with Gasteiger partial charge in [-0.15, -0.1) is 11.8 Å². The number of anilines is 4. The molecule has 0 saturated carbocycles. The van der Waals surface area contributed by atoms with Crippen LogP contribution in [0.15, 0.2) is 59.6 Å². The van der Waals surface area contributed by atoms with Crippen LogP contribution in [0.25, 0.3) is 0 Å². The average molecular weight is 837 g/mol. The number of hydrogen-bond donors (Lipinski definition) is 3. The third-order valence-electron chi connectivity index (χ3n) is 9.36. The van der Waals surface area contributed by atoms with Gasteiger partial charge in [0.25, 0.3) is 5.91 Å². The van der Waals surface area contributed by atoms with E-state index in [4.69, 9.17) is 25.8 Å². The number of aryl methyl sites for hydroxylation is 3. The summed E-state index contributed by atoms with van der Waals surface area (Å²) in [7, 11) is 0. The van der Waals surface area contributed by atoms with Crippen LogP contribution in [0.2, 0.25) is 5.02 Å². The second-order valence-corrected chi connectivity index (χ2v) is 16.4. The zero-order chi connectivity index (χ0) is 40.0. The number of thiazole rings is 1. The summed E-state index contributed by atoms with van der Waals surface area (Å²) >= 11 is 9.04. The first-order valence-electron chi connectivity index (χ1n) is 19.1. The lowest BCUT2D eigenvalue weighted by Crippen LogP contribution is -2.47. The van der Waals surface area contributed by atoms with Crippen molar-refractivity contribution in [2.45, 2.75) is 49.7 Å². The van der Waals surface area contributed by atoms with E-state index in [-0.39, 0.29) is 23.0 Å². The monoisotopic (exact) mass is 836 g/mol. The molecule has 14 nitrogen and oxygen atoms in total. The molecule has 2 saturated heterocycles. The van der Waals surface area contributed by atoms with E-state index in [9.17, 15) is 14.4 Å². The van der Waals surface area contributed by atoms with E-state index in [1.807, 2.05) is 44.2 Å². The molecule has 0 aliphatic carbocycles. The third kappa shape index (κ3) is 13.2. The number of piperazine rings is 1. The molecule has 57 heavy (non-hydrogen) atoms. The van der Waals surface area contributed by atoms with Gasteiger partial charge in [-0.3, -0.25) is 24.6 Å². The number of piperidine rings is 1. The average Bonchev–Trinajstić information content (AvgIpc) is 3.66. The van der Waals surface area contributed by atoms with Crippen LogP contribution in [0.3, 0.4) is 0 Å². The Hall–Kier alpha value is -4.16. The number of nitrogens with one attached hydrogen (secondary N) is 3. The number of carbonyl (C=O) groups is 3. The van der Waals surface area contributed by atoms with Crippen molar-refractivity contribution in [2.24, 2.45) is 0 Å². The molecule has 0 radical (unpaired) electrons. The molecule has 4 aromatic rings. The fourth-order valence-corrected chi connectivity index (χ4v) is 8.42. The Balaban J connectivity index is 0.797. The number of nitrogens with zero attached hydrogens (tertiary/aromatic N) is 5. The molecular formula is C40H49ClN8O6S2. The molecule has 3 amide bonds. The summed E-state index contributed by atoms with van der Waals surface area (Å²) in [5.41, 5.74) is 2.67. The maximum atomic E-state index is 12.9. The Labute approximate surface area is 346 Å². The summed E-state index contributed by atoms with van der Waals surface area (Å²) in [6, 6.07) is 15.6. The highest BCUT2D eigenvalue weighted by atomic mass is 35.5. The van der Waals surface area contributed by atoms with Gasteiger partial charge in [0.1, 0.15) is 22.3 Å². The van der Waals surface area contributed by atoms with Gasteiger partial charge in [0.15, 0.2) is 5.13 Å². The van der Waals surface area contributed by atoms with E-state index in [1.165, 1.54) is 34.9 Å². The zero-order valence-electron chi connectivity index (χ0n) is 32.3. The molecule has 2 fully saturated rings. The van der Waals surface area contributed by atoms with E-state index in [1.54, 1.807) is 6.07 Å². The SMILES string of the molecule is Cc1nc(Nc2ncc(C(=O)Nc3c(C)cccc3Cl)s2)cc(N2CCN(CCOCCOCCOCCCc3cccc(SC4CCC(=O)NC4=O)c3)CC2)n1. The Morgan fingerprint density at radius 3 is 2.49 bits per heavy atom. The highest BCUT2D eigenvalue weighted by molar-refractivity contribution is 8.00. The predicted octanol–water partition coefficient (Wildman–Crippen LogP) is 5.90. The van der Waals surface area contributed by atoms with Crippen LogP contribution in [0, 0.1) is 13.8 Å². The Morgan fingerprint density at radius 2 is 1.72 bits per heavy atom. The molecule has 2 aliphatic rings. The number of hydrogen-bond acceptors (Lipinski definition) is 14. The van der Waals surface area contributed by atoms with Crippen molar-refractivity contribution in [2.75, 3.05) is 87.9 Å². The quantitative estimate of drug-likeness (QED) is 0.0714. The van der Waals surface area contributed by atoms with Crippen molar-refractivity contribution >= 4 is 74.9 Å². The minimum atomic E-state index is -0.275. The van der Waals surface area contributed by atoms with E-state index in [0.717, 1.165) is 61.8 Å². The van der Waals surface area contributed by atoms with Crippen molar-refractivity contribution in [1.29, 1.82) is 0 Å². The Bertz CT molecular complexity index is 1960. The number of thioether (sulfide) groups is 1. The standard InChI is InChI=1S/C40H49ClN8O6S2/c1-27-6-3-10-31(41)37(27)47-39(52)33-26-42-40(57-33)45-34-25-35(44-28(2)43-34)49-15-13-48(14-16-49)17-19-54-21-23-55-22-20-53-18-5-8-29-7-4-9-30(24-29)56-32-11-12-36(50)46-38(32)51/h3-4,6-7,9-10,24-26,32H,5,8,11-23H2,1-2H3,(H,47,52)(H,46,50,51)(H,42,43,44,45). The fraction of sp³-hybridized carbons (Fsp3) is 0.450. The minimum Gasteiger partial charge on any atom is -0.379 e. The number of carbonyl (C=O) groups excluding carboxylic acids is 3. The van der Waals surface area contributed by atoms with E-state index < -0.39 is 0 Å². The van der Waals surface area contributed by atoms with Gasteiger partial charge in [-0.25, -0.2) is 15.0 Å². The Morgan fingerprint density at radius 1 is 0.965 bits per heavy atom. The molecule has 2 aromatic carbocycles. The zero-order valence-corrected chi connectivity index (χ0v) is 34.6. The first-order valence-corrected chi connectivity index (χ1v) is 21.2. The number of rotatable bonds is 20. The molecule has 1 atom stereocenters. The molecule has 3 N–H and O–H groups in total. The number of ether oxygens (including phenoxy) is 3. The number of imide groups is 1. The van der Waals surface area contributed by atoms with Crippen molar-refractivity contribution in [1.82, 2.24) is 25.2 Å². The summed E-state index contributed by atoms with van der Waals surface area (Å²) in [4.78, 5) is 56.1. The van der Waals surface area contributed by atoms with Crippen molar-refractivity contribution in [3.05, 3.63) is 81.6 Å². The van der Waals surface area contributed by atoms with Crippen LogP contribution < -0.4 is 20.9 Å². The summed E-state index contributed by atoms with van der Waals surface area (Å²) in [5, 5.41) is 9.37. The van der Waals surface area contributed by atoms with Gasteiger partial charge < -0.3 is 29.7 Å². The molecule has 17 heteroatoms. The van der Waals surface area contributed by atoms with Crippen LogP contribution in [0.4, 0.5) is 22.5 Å². The first kappa shape index (κ1) is 42.4. The second-order valence-electron chi connectivity index (χ2n) is 13.7. The summed E-state index contributed by atoms with van der Waals surface area (Å²) in [6.45, 7) is 11.5. The number of benzene rings is 2. The van der Waals surface area contributed by atoms with Crippen molar-refractivity contribution < 1.29 is 28.6 Å². The van der Waals surface area contributed by atoms with Crippen LogP contribution in [-0.4, -0.2) is 115 Å². The van der Waals surface area contributed by atoms with Crippen molar-refractivity contribution in [3.8, 4) is 0 Å². The molecule has 2 aliphatic heterocycles. The normalized spacial score (nSPS) is 16.1. The van der Waals surface area contributed by atoms with Gasteiger partial charge in [-0.1, -0.05) is 47.2 Å². The van der Waals surface area contributed by atoms with Crippen molar-refractivity contribution in [3.63, 3.8) is 0 Å². The maximum absolute atomic E-state index is 12.9. The van der Waals surface area contributed by atoms with Gasteiger partial charge in [0, 0.05) is 56.7 Å². The number of aromatic nitrogens is 3. The molecule has 0 spiro atoms. The molecule has 4 heterocycles. The topological polar surface area (TPSA) is 160 Å². The van der Waals surface area contributed by atoms with Crippen LogP contribution >= 0.6 is 34.7 Å². The minimum absolute atomic E-state index is 0.191. The Kier molecular flexibility index (Phi) is 16.1. The third-order valence-corrected chi connectivity index (χ3v) is 11.8. The summed E-state index contributed by atoms with van der Waals surface area (Å²) in [6.07, 6.45) is 4.28. The molecule has 0 bridgehead atoms. The summed E-state index contributed by atoms with van der Waals surface area (Å²) in [5.74, 6) is 1.44. The lowest BCUT2D eigenvalue weighted by Gasteiger charge is -2.35. The number of para-hydroxylation sites is 1. The van der Waals surface area contributed by atoms with Gasteiger partial charge in [0.2, 0.25) is 11.8 Å². The maximum Gasteiger partial charge on any atom is 0.267 e. The number of halogens is 1. The van der Waals surface area contributed by atoms with Gasteiger partial charge >= 0.3 is 0 Å². The van der Waals surface area contributed by atoms with E-state index >= 15 is 0 Å². The lowest BCUT2D eigenvalue weighted by atomic mass is 10.1. The van der Waals surface area contributed by atoms with Gasteiger partial charge in [-0.2, -0.15) is 0 Å². The molecule has 1 unspecified atom stereocenters. The fourth-order valence-electron chi connectivity index (χ4n) is 6.33. The van der Waals surface area contributed by atoms with Crippen LogP contribution in [0.5, 0.6) is 0 Å². The summed E-state index contributed by atoms with van der Waals surface area (Å²) < 4.78 is 17.3.